The van der Waals surface area contributed by atoms with E-state index in [-0.39, 0.29) is 34.5 Å². The summed E-state index contributed by atoms with van der Waals surface area (Å²) in [6, 6.07) is 9.62. The standard InChI is InChI=1S/C24H33N3O3/c1-22(2)18(23(22,3)4)19(28)27-14-11-17(12-15-27)24(20(29)25-21(30)26-24)13-10-16-8-6-5-7-9-16/h5-9,17-18H,10-15H2,1-4H3,(H2,25,26,29,30). The largest absolute Gasteiger partial charge is 0.342 e. The third-order valence-electron chi connectivity index (χ3n) is 8.39. The summed E-state index contributed by atoms with van der Waals surface area (Å²) in [5, 5.41) is 5.41. The van der Waals surface area contributed by atoms with Crippen LogP contribution in [-0.2, 0) is 16.0 Å². The number of aryl methyl sites for hydroxylation is 1. The van der Waals surface area contributed by atoms with Gasteiger partial charge in [-0.3, -0.25) is 14.9 Å². The van der Waals surface area contributed by atoms with Crippen LogP contribution in [0.1, 0.15) is 52.5 Å². The molecule has 0 radical (unpaired) electrons. The third kappa shape index (κ3) is 3.21. The Morgan fingerprint density at radius 3 is 2.13 bits per heavy atom. The average molecular weight is 412 g/mol. The Bertz CT molecular complexity index is 842. The van der Waals surface area contributed by atoms with Crippen LogP contribution in [0.2, 0.25) is 0 Å². The molecule has 4 rings (SSSR count). The van der Waals surface area contributed by atoms with Gasteiger partial charge in [0.25, 0.3) is 5.91 Å². The molecule has 30 heavy (non-hydrogen) atoms. The number of nitrogens with zero attached hydrogens (tertiary/aromatic N) is 1. The van der Waals surface area contributed by atoms with E-state index < -0.39 is 11.6 Å². The minimum Gasteiger partial charge on any atom is -0.342 e. The third-order valence-corrected chi connectivity index (χ3v) is 8.39. The highest BCUT2D eigenvalue weighted by Crippen LogP contribution is 2.68. The van der Waals surface area contributed by atoms with Crippen molar-refractivity contribution in [2.24, 2.45) is 22.7 Å². The summed E-state index contributed by atoms with van der Waals surface area (Å²) in [6.07, 6.45) is 2.73. The number of piperidine rings is 1. The number of urea groups is 1. The fourth-order valence-corrected chi connectivity index (χ4v) is 5.75. The summed E-state index contributed by atoms with van der Waals surface area (Å²) in [5.74, 6) is 0.0966. The maximum atomic E-state index is 13.1. The van der Waals surface area contributed by atoms with E-state index in [9.17, 15) is 14.4 Å². The second kappa shape index (κ2) is 7.10. The van der Waals surface area contributed by atoms with E-state index in [1.807, 2.05) is 35.2 Å². The van der Waals surface area contributed by atoms with Crippen LogP contribution in [0.5, 0.6) is 0 Å². The Balaban J connectivity index is 1.44. The van der Waals surface area contributed by atoms with E-state index in [0.29, 0.717) is 19.5 Å². The Kier molecular flexibility index (Phi) is 4.94. The number of amides is 4. The first kappa shape index (κ1) is 20.9. The highest BCUT2D eigenvalue weighted by molar-refractivity contribution is 6.07. The zero-order chi connectivity index (χ0) is 21.7. The van der Waals surface area contributed by atoms with Crippen molar-refractivity contribution in [2.45, 2.75) is 58.9 Å². The summed E-state index contributed by atoms with van der Waals surface area (Å²) in [6.45, 7) is 9.95. The number of benzene rings is 1. The minimum absolute atomic E-state index is 0.0249. The molecule has 1 unspecified atom stereocenters. The molecule has 6 heteroatoms. The predicted molar refractivity (Wildman–Crippen MR) is 115 cm³/mol. The molecule has 6 nitrogen and oxygen atoms in total. The van der Waals surface area contributed by atoms with Crippen molar-refractivity contribution in [2.75, 3.05) is 13.1 Å². The number of carbonyl (C=O) groups excluding carboxylic acids is 3. The molecule has 0 aromatic heterocycles. The van der Waals surface area contributed by atoms with Gasteiger partial charge in [0, 0.05) is 19.0 Å². The van der Waals surface area contributed by atoms with Gasteiger partial charge >= 0.3 is 6.03 Å². The van der Waals surface area contributed by atoms with Crippen molar-refractivity contribution in [3.63, 3.8) is 0 Å². The van der Waals surface area contributed by atoms with Crippen molar-refractivity contribution in [3.8, 4) is 0 Å². The first-order valence-corrected chi connectivity index (χ1v) is 11.1. The number of rotatable bonds is 5. The van der Waals surface area contributed by atoms with Crippen molar-refractivity contribution < 1.29 is 14.4 Å². The van der Waals surface area contributed by atoms with Crippen molar-refractivity contribution in [1.82, 2.24) is 15.5 Å². The smallest absolute Gasteiger partial charge is 0.322 e. The number of likely N-dealkylation sites (tertiary alicyclic amines) is 1. The Morgan fingerprint density at radius 2 is 1.63 bits per heavy atom. The van der Waals surface area contributed by atoms with E-state index >= 15 is 0 Å². The Morgan fingerprint density at radius 1 is 1.03 bits per heavy atom. The topological polar surface area (TPSA) is 78.5 Å². The van der Waals surface area contributed by atoms with Crippen LogP contribution in [-0.4, -0.2) is 41.4 Å². The van der Waals surface area contributed by atoms with Gasteiger partial charge in [-0.1, -0.05) is 58.0 Å². The van der Waals surface area contributed by atoms with Crippen LogP contribution in [0.4, 0.5) is 4.79 Å². The average Bonchev–Trinajstić information content (AvgIpc) is 2.95. The van der Waals surface area contributed by atoms with E-state index in [4.69, 9.17) is 0 Å². The summed E-state index contributed by atoms with van der Waals surface area (Å²) < 4.78 is 0. The molecule has 2 saturated heterocycles. The molecule has 2 N–H and O–H groups in total. The van der Waals surface area contributed by atoms with Crippen LogP contribution in [0.15, 0.2) is 30.3 Å². The maximum absolute atomic E-state index is 13.1. The molecule has 1 atom stereocenters. The molecule has 1 saturated carbocycles. The van der Waals surface area contributed by atoms with Crippen molar-refractivity contribution in [1.29, 1.82) is 0 Å². The molecule has 3 fully saturated rings. The lowest BCUT2D eigenvalue weighted by molar-refractivity contribution is -0.136. The Hall–Kier alpha value is -2.37. The van der Waals surface area contributed by atoms with Crippen LogP contribution in [0.25, 0.3) is 0 Å². The molecule has 2 heterocycles. The van der Waals surface area contributed by atoms with Gasteiger partial charge in [0.2, 0.25) is 5.91 Å². The molecular formula is C24H33N3O3. The van der Waals surface area contributed by atoms with Gasteiger partial charge in [-0.25, -0.2) is 4.79 Å². The van der Waals surface area contributed by atoms with Crippen LogP contribution >= 0.6 is 0 Å². The van der Waals surface area contributed by atoms with Gasteiger partial charge in [-0.15, -0.1) is 0 Å². The molecule has 1 aromatic rings. The molecule has 1 aliphatic carbocycles. The zero-order valence-corrected chi connectivity index (χ0v) is 18.5. The first-order chi connectivity index (χ1) is 14.1. The molecule has 162 valence electrons. The van der Waals surface area contributed by atoms with Gasteiger partial charge in [0.05, 0.1) is 0 Å². The summed E-state index contributed by atoms with van der Waals surface area (Å²) in [4.78, 5) is 40.0. The summed E-state index contributed by atoms with van der Waals surface area (Å²) in [7, 11) is 0. The highest BCUT2D eigenvalue weighted by Gasteiger charge is 2.69. The number of nitrogens with one attached hydrogen (secondary N) is 2. The zero-order valence-electron chi connectivity index (χ0n) is 18.5. The maximum Gasteiger partial charge on any atom is 0.322 e. The van der Waals surface area contributed by atoms with Crippen molar-refractivity contribution in [3.05, 3.63) is 35.9 Å². The van der Waals surface area contributed by atoms with Crippen molar-refractivity contribution >= 4 is 17.8 Å². The fraction of sp³-hybridized carbons (Fsp3) is 0.625. The van der Waals surface area contributed by atoms with Gasteiger partial charge in [0.1, 0.15) is 5.54 Å². The van der Waals surface area contributed by atoms with Crippen LogP contribution < -0.4 is 10.6 Å². The lowest BCUT2D eigenvalue weighted by atomic mass is 9.74. The first-order valence-electron chi connectivity index (χ1n) is 11.1. The highest BCUT2D eigenvalue weighted by atomic mass is 16.2. The number of hydrogen-bond donors (Lipinski definition) is 2. The monoisotopic (exact) mass is 411 g/mol. The Labute approximate surface area is 178 Å². The lowest BCUT2D eigenvalue weighted by Gasteiger charge is -2.41. The van der Waals surface area contributed by atoms with Gasteiger partial charge in [-0.2, -0.15) is 0 Å². The number of hydrogen-bond acceptors (Lipinski definition) is 3. The second-order valence-corrected chi connectivity index (χ2v) is 10.3. The van der Waals surface area contributed by atoms with Crippen LogP contribution in [0, 0.1) is 22.7 Å². The normalized spacial score (nSPS) is 28.2. The van der Waals surface area contributed by atoms with Crippen LogP contribution in [0.3, 0.4) is 0 Å². The molecule has 1 aromatic carbocycles. The van der Waals surface area contributed by atoms with Gasteiger partial charge < -0.3 is 10.2 Å². The molecule has 0 bridgehead atoms. The fourth-order valence-electron chi connectivity index (χ4n) is 5.75. The molecule has 4 amide bonds. The quantitative estimate of drug-likeness (QED) is 0.731. The van der Waals surface area contributed by atoms with E-state index in [1.54, 1.807) is 0 Å². The summed E-state index contributed by atoms with van der Waals surface area (Å²) in [5.41, 5.74) is 0.311. The number of imide groups is 1. The minimum atomic E-state index is -0.889. The SMILES string of the molecule is CC1(C)C(C(=O)N2CCC(C3(CCc4ccccc4)NC(=O)NC3=O)CC2)C1(C)C. The van der Waals surface area contributed by atoms with E-state index in [0.717, 1.165) is 24.8 Å². The summed E-state index contributed by atoms with van der Waals surface area (Å²) >= 11 is 0. The second-order valence-electron chi connectivity index (χ2n) is 10.3. The lowest BCUT2D eigenvalue weighted by Crippen LogP contribution is -2.57. The van der Waals surface area contributed by atoms with E-state index in [1.165, 1.54) is 0 Å². The molecular weight excluding hydrogens is 378 g/mol. The van der Waals surface area contributed by atoms with Gasteiger partial charge in [-0.05, 0) is 48.0 Å². The number of carbonyl (C=O) groups is 3. The molecule has 3 aliphatic rings. The molecule has 0 spiro atoms. The van der Waals surface area contributed by atoms with Gasteiger partial charge in [0.15, 0.2) is 0 Å². The van der Waals surface area contributed by atoms with E-state index in [2.05, 4.69) is 38.3 Å². The molecule has 2 aliphatic heterocycles. The predicted octanol–water partition coefficient (Wildman–Crippen LogP) is 3.12.